The van der Waals surface area contributed by atoms with Gasteiger partial charge in [-0.3, -0.25) is 0 Å². The van der Waals surface area contributed by atoms with E-state index in [0.717, 1.165) is 5.56 Å². The number of hydrogen-bond acceptors (Lipinski definition) is 3. The molecule has 0 atom stereocenters. The van der Waals surface area contributed by atoms with E-state index in [1.54, 1.807) is 25.1 Å². The summed E-state index contributed by atoms with van der Waals surface area (Å²) in [6.07, 6.45) is 1.21. The predicted molar refractivity (Wildman–Crippen MR) is 89.5 cm³/mol. The van der Waals surface area contributed by atoms with E-state index < -0.39 is 9.84 Å². The van der Waals surface area contributed by atoms with Gasteiger partial charge in [0, 0.05) is 6.26 Å². The van der Waals surface area contributed by atoms with Gasteiger partial charge in [0.05, 0.1) is 4.90 Å². The van der Waals surface area contributed by atoms with Crippen molar-refractivity contribution in [3.05, 3.63) is 29.8 Å². The van der Waals surface area contributed by atoms with Crippen molar-refractivity contribution in [2.45, 2.75) is 18.7 Å². The number of benzene rings is 1. The highest BCUT2D eigenvalue weighted by Gasteiger charge is 2.04. The maximum atomic E-state index is 11.0. The Morgan fingerprint density at radius 3 is 2.00 bits per heavy atom. The molecular weight excluding hydrogens is 308 g/mol. The molecule has 0 aliphatic heterocycles. The number of rotatable bonds is 1. The zero-order valence-corrected chi connectivity index (χ0v) is 13.7. The molecule has 0 bridgehead atoms. The number of thiol groups is 1. The van der Waals surface area contributed by atoms with Crippen molar-refractivity contribution in [1.29, 1.82) is 0 Å². The first-order valence-corrected chi connectivity index (χ1v) is 7.58. The summed E-state index contributed by atoms with van der Waals surface area (Å²) in [4.78, 5) is 0.387. The van der Waals surface area contributed by atoms with Crippen molar-refractivity contribution < 1.29 is 19.4 Å². The molecule has 114 valence electrons. The minimum Gasteiger partial charge on any atom is -0.412 e. The van der Waals surface area contributed by atoms with Crippen LogP contribution in [0.25, 0.3) is 0 Å². The normalized spacial score (nSPS) is 7.43. The molecule has 0 saturated heterocycles. The lowest BCUT2D eigenvalue weighted by atomic mass is 10.2. The lowest BCUT2D eigenvalue weighted by Crippen LogP contribution is -1.96. The monoisotopic (exact) mass is 326 g/mol. The molecule has 0 fully saturated rings. The average Bonchev–Trinajstić information content (AvgIpc) is 2.35. The fourth-order valence-electron chi connectivity index (χ4n) is 0.999. The van der Waals surface area contributed by atoms with Crippen LogP contribution in [0.4, 0.5) is 0 Å². The van der Waals surface area contributed by atoms with Gasteiger partial charge < -0.3 is 11.0 Å². The first kappa shape index (κ1) is 24.2. The highest BCUT2D eigenvalue weighted by molar-refractivity contribution is 7.90. The minimum absolute atomic E-state index is 0. The average molecular weight is 326 g/mol. The van der Waals surface area contributed by atoms with Gasteiger partial charge in [-0.2, -0.15) is 0 Å². The van der Waals surface area contributed by atoms with Crippen molar-refractivity contribution in [2.24, 2.45) is 0 Å². The van der Waals surface area contributed by atoms with Gasteiger partial charge in [-0.25, -0.2) is 8.42 Å². The van der Waals surface area contributed by atoms with Crippen molar-refractivity contribution in [3.8, 4) is 34.9 Å². The maximum Gasteiger partial charge on any atom is 0.175 e. The van der Waals surface area contributed by atoms with Crippen molar-refractivity contribution >= 4 is 22.5 Å². The van der Waals surface area contributed by atoms with E-state index >= 15 is 0 Å². The lowest BCUT2D eigenvalue weighted by molar-refractivity contribution is 0.602. The molecule has 0 amide bonds. The topological polar surface area (TPSA) is 97.1 Å². The molecule has 0 aromatic heterocycles. The van der Waals surface area contributed by atoms with Crippen LogP contribution < -0.4 is 0 Å². The minimum atomic E-state index is -3.03. The van der Waals surface area contributed by atoms with E-state index in [9.17, 15) is 8.42 Å². The molecule has 1 aromatic rings. The van der Waals surface area contributed by atoms with Crippen LogP contribution in [0.2, 0.25) is 0 Å². The molecule has 1 rings (SSSR count). The summed E-state index contributed by atoms with van der Waals surface area (Å²) in [5, 5.41) is 2.33. The van der Waals surface area contributed by atoms with Crippen molar-refractivity contribution in [1.82, 2.24) is 0 Å². The van der Waals surface area contributed by atoms with Gasteiger partial charge in [-0.1, -0.05) is 30.7 Å². The Morgan fingerprint density at radius 2 is 1.62 bits per heavy atom. The first-order chi connectivity index (χ1) is 8.91. The first-order valence-electron chi connectivity index (χ1n) is 5.24. The van der Waals surface area contributed by atoms with Crippen LogP contribution in [-0.2, 0) is 9.84 Å². The molecule has 0 spiro atoms. The third-order valence-electron chi connectivity index (χ3n) is 1.79. The summed E-state index contributed by atoms with van der Waals surface area (Å²) in [7, 11) is -3.03. The summed E-state index contributed by atoms with van der Waals surface area (Å²) >= 11 is 3.61. The molecule has 0 saturated carbocycles. The Kier molecular flexibility index (Phi) is 15.1. The van der Waals surface area contributed by atoms with Crippen molar-refractivity contribution in [2.75, 3.05) is 6.26 Å². The van der Waals surface area contributed by atoms with Crippen LogP contribution in [-0.4, -0.2) is 25.6 Å². The Labute approximate surface area is 131 Å². The third-order valence-corrected chi connectivity index (χ3v) is 3.01. The van der Waals surface area contributed by atoms with Crippen LogP contribution in [0.3, 0.4) is 0 Å². The SMILES string of the molecule is CC#CC#CC#CS.Cc1cccc(S(C)(=O)=O)c1.O.O. The van der Waals surface area contributed by atoms with Gasteiger partial charge in [0.15, 0.2) is 9.84 Å². The standard InChI is InChI=1S/C8H10O2S.C7H4S.2H2O/c1-7-4-3-5-8(6-7)11(2,9)10;1-2-3-4-5-6-7-8;;/h3-6H,1-2H3;8H,1H3;2*1H2. The number of aryl methyl sites for hydroxylation is 1. The van der Waals surface area contributed by atoms with Crippen LogP contribution in [0, 0.1) is 41.8 Å². The van der Waals surface area contributed by atoms with E-state index in [-0.39, 0.29) is 11.0 Å². The summed E-state index contributed by atoms with van der Waals surface area (Å²) in [5.74, 6) is 12.6. The van der Waals surface area contributed by atoms with E-state index in [1.807, 2.05) is 13.0 Å². The molecule has 0 aliphatic carbocycles. The number of hydrogen-bond donors (Lipinski definition) is 1. The molecule has 0 radical (unpaired) electrons. The summed E-state index contributed by atoms with van der Waals surface area (Å²) in [6.45, 7) is 3.59. The van der Waals surface area contributed by atoms with E-state index in [0.29, 0.717) is 4.90 Å². The second kappa shape index (κ2) is 13.1. The Balaban J connectivity index is -0.000000295. The van der Waals surface area contributed by atoms with E-state index in [2.05, 4.69) is 47.5 Å². The van der Waals surface area contributed by atoms with Gasteiger partial charge in [-0.05, 0) is 60.5 Å². The molecular formula is C15H18O4S2. The molecule has 0 heterocycles. The highest BCUT2D eigenvalue weighted by atomic mass is 32.2. The second-order valence-electron chi connectivity index (χ2n) is 3.45. The zero-order chi connectivity index (χ0) is 14.7. The lowest BCUT2D eigenvalue weighted by Gasteiger charge is -1.97. The quantitative estimate of drug-likeness (QED) is 0.606. The van der Waals surface area contributed by atoms with Crippen LogP contribution in [0.1, 0.15) is 12.5 Å². The van der Waals surface area contributed by atoms with Crippen LogP contribution in [0.5, 0.6) is 0 Å². The largest absolute Gasteiger partial charge is 0.412 e. The fourth-order valence-corrected chi connectivity index (χ4v) is 1.78. The van der Waals surface area contributed by atoms with Crippen LogP contribution in [0.15, 0.2) is 29.2 Å². The molecule has 0 aliphatic rings. The zero-order valence-electron chi connectivity index (χ0n) is 12.0. The van der Waals surface area contributed by atoms with Gasteiger partial charge in [0.1, 0.15) is 0 Å². The van der Waals surface area contributed by atoms with Gasteiger partial charge in [0.2, 0.25) is 0 Å². The smallest absolute Gasteiger partial charge is 0.175 e. The second-order valence-corrected chi connectivity index (χ2v) is 5.69. The Bertz CT molecular complexity index is 679. The molecule has 4 nitrogen and oxygen atoms in total. The number of sulfone groups is 1. The van der Waals surface area contributed by atoms with Crippen LogP contribution >= 0.6 is 12.6 Å². The van der Waals surface area contributed by atoms with Gasteiger partial charge >= 0.3 is 0 Å². The molecule has 4 N–H and O–H groups in total. The third kappa shape index (κ3) is 12.9. The molecule has 6 heteroatoms. The molecule has 21 heavy (non-hydrogen) atoms. The fraction of sp³-hybridized carbons (Fsp3) is 0.200. The summed E-state index contributed by atoms with van der Waals surface area (Å²) in [6, 6.07) is 6.87. The van der Waals surface area contributed by atoms with Crippen molar-refractivity contribution in [3.63, 3.8) is 0 Å². The molecule has 1 aromatic carbocycles. The highest BCUT2D eigenvalue weighted by Crippen LogP contribution is 2.09. The van der Waals surface area contributed by atoms with Gasteiger partial charge in [-0.15, -0.1) is 0 Å². The maximum absolute atomic E-state index is 11.0. The molecule has 0 unspecified atom stereocenters. The van der Waals surface area contributed by atoms with E-state index in [1.165, 1.54) is 6.26 Å². The summed E-state index contributed by atoms with van der Waals surface area (Å²) in [5.41, 5.74) is 0.966. The van der Waals surface area contributed by atoms with Gasteiger partial charge in [0.25, 0.3) is 0 Å². The Morgan fingerprint density at radius 1 is 1.05 bits per heavy atom. The Hall–Kier alpha value is -1.88. The summed E-state index contributed by atoms with van der Waals surface area (Å²) < 4.78 is 22.0. The van der Waals surface area contributed by atoms with E-state index in [4.69, 9.17) is 0 Å². The predicted octanol–water partition coefficient (Wildman–Crippen LogP) is 0.653.